The molecular formula is C13H12ClN3O. The lowest BCUT2D eigenvalue weighted by Gasteiger charge is -2.09. The van der Waals surface area contributed by atoms with Gasteiger partial charge in [0.05, 0.1) is 18.9 Å². The number of hydrogen-bond acceptors (Lipinski definition) is 3. The van der Waals surface area contributed by atoms with Gasteiger partial charge in [0.15, 0.2) is 4.98 Å². The van der Waals surface area contributed by atoms with Crippen molar-refractivity contribution in [2.45, 2.75) is 0 Å². The second-order valence-corrected chi connectivity index (χ2v) is 3.48. The second kappa shape index (κ2) is 6.48. The van der Waals surface area contributed by atoms with Crippen molar-refractivity contribution in [1.82, 2.24) is 0 Å². The molecule has 0 saturated heterocycles. The molecule has 92 valence electrons. The van der Waals surface area contributed by atoms with Gasteiger partial charge in [-0.1, -0.05) is 18.2 Å². The first-order valence-corrected chi connectivity index (χ1v) is 5.18. The van der Waals surface area contributed by atoms with Gasteiger partial charge in [-0.05, 0) is 18.2 Å². The van der Waals surface area contributed by atoms with Crippen LogP contribution in [0.2, 0.25) is 0 Å². The average molecular weight is 262 g/mol. The summed E-state index contributed by atoms with van der Waals surface area (Å²) < 4.78 is 5.23. The van der Waals surface area contributed by atoms with Crippen LogP contribution in [0.4, 0.5) is 17.1 Å². The van der Waals surface area contributed by atoms with Gasteiger partial charge in [0, 0.05) is 11.8 Å². The van der Waals surface area contributed by atoms with Crippen LogP contribution in [-0.2, 0) is 0 Å². The van der Waals surface area contributed by atoms with E-state index in [2.05, 4.69) is 10.3 Å². The van der Waals surface area contributed by atoms with E-state index in [0.29, 0.717) is 11.4 Å². The Bertz CT molecular complexity index is 552. The number of ether oxygens (including phenoxy) is 1. The number of para-hydroxylation sites is 1. The first-order valence-electron chi connectivity index (χ1n) is 5.18. The topological polar surface area (TPSA) is 49.4 Å². The molecule has 18 heavy (non-hydrogen) atoms. The third-order valence-electron chi connectivity index (χ3n) is 2.35. The van der Waals surface area contributed by atoms with Crippen molar-refractivity contribution in [2.75, 3.05) is 12.4 Å². The Balaban J connectivity index is 0.00000162. The maximum absolute atomic E-state index is 8.69. The summed E-state index contributed by atoms with van der Waals surface area (Å²) in [6.45, 7) is 0. The normalized spacial score (nSPS) is 8.89. The molecular weight excluding hydrogens is 250 g/mol. The standard InChI is InChI=1S/C13H12N3O.ClH/c1-17-13-9-11(16-14)7-8-12(13)15-10-5-3-2-4-6-10;/h2-9,15H,1H3;1H/q+1;/p-1. The lowest BCUT2D eigenvalue weighted by Crippen LogP contribution is -3.00. The predicted molar refractivity (Wildman–Crippen MR) is 67.5 cm³/mol. The highest BCUT2D eigenvalue weighted by atomic mass is 35.5. The Morgan fingerprint density at radius 2 is 1.83 bits per heavy atom. The summed E-state index contributed by atoms with van der Waals surface area (Å²) >= 11 is 0. The number of halogens is 1. The van der Waals surface area contributed by atoms with E-state index in [1.807, 2.05) is 30.3 Å². The Labute approximate surface area is 112 Å². The smallest absolute Gasteiger partial charge is 0.388 e. The van der Waals surface area contributed by atoms with Gasteiger partial charge in [-0.15, -0.1) is 0 Å². The molecule has 4 nitrogen and oxygen atoms in total. The fourth-order valence-electron chi connectivity index (χ4n) is 1.52. The van der Waals surface area contributed by atoms with Gasteiger partial charge in [0.1, 0.15) is 5.75 Å². The molecule has 0 fully saturated rings. The number of hydrogen-bond donors (Lipinski definition) is 1. The maximum atomic E-state index is 8.69. The molecule has 1 N–H and O–H groups in total. The molecule has 5 heteroatoms. The van der Waals surface area contributed by atoms with Gasteiger partial charge >= 0.3 is 5.69 Å². The maximum Gasteiger partial charge on any atom is 0.388 e. The van der Waals surface area contributed by atoms with Gasteiger partial charge in [0.2, 0.25) is 5.39 Å². The van der Waals surface area contributed by atoms with Crippen LogP contribution in [0.5, 0.6) is 5.75 Å². The van der Waals surface area contributed by atoms with Crippen LogP contribution in [0.25, 0.3) is 4.98 Å². The molecule has 0 aromatic heterocycles. The summed E-state index contributed by atoms with van der Waals surface area (Å²) in [6.07, 6.45) is 0. The molecule has 0 unspecified atom stereocenters. The largest absolute Gasteiger partial charge is 1.00 e. The quantitative estimate of drug-likeness (QED) is 0.837. The highest BCUT2D eigenvalue weighted by Gasteiger charge is 2.10. The molecule has 2 aromatic carbocycles. The minimum absolute atomic E-state index is 0. The third kappa shape index (κ3) is 3.12. The molecule has 0 aliphatic rings. The van der Waals surface area contributed by atoms with E-state index in [0.717, 1.165) is 11.4 Å². The zero-order valence-electron chi connectivity index (χ0n) is 9.80. The predicted octanol–water partition coefficient (Wildman–Crippen LogP) is 0.927. The van der Waals surface area contributed by atoms with Gasteiger partial charge < -0.3 is 22.5 Å². The van der Waals surface area contributed by atoms with Crippen molar-refractivity contribution in [3.8, 4) is 5.75 Å². The van der Waals surface area contributed by atoms with E-state index in [1.165, 1.54) is 0 Å². The SMILES string of the molecule is COc1cc([N+]#N)ccc1Nc1ccccc1.[Cl-]. The average Bonchev–Trinajstić information content (AvgIpc) is 2.40. The second-order valence-electron chi connectivity index (χ2n) is 3.48. The molecule has 2 rings (SSSR count). The monoisotopic (exact) mass is 261 g/mol. The number of benzene rings is 2. The Morgan fingerprint density at radius 3 is 2.44 bits per heavy atom. The number of diazo groups is 1. The highest BCUT2D eigenvalue weighted by Crippen LogP contribution is 2.31. The first kappa shape index (κ1) is 13.8. The van der Waals surface area contributed by atoms with Gasteiger partial charge in [-0.25, -0.2) is 0 Å². The number of methoxy groups -OCH3 is 1. The van der Waals surface area contributed by atoms with E-state index in [9.17, 15) is 0 Å². The van der Waals surface area contributed by atoms with Gasteiger partial charge in [-0.2, -0.15) is 0 Å². The lowest BCUT2D eigenvalue weighted by molar-refractivity contribution is -0.00000389. The Kier molecular flexibility index (Phi) is 4.97. The Hall–Kier alpha value is -2.25. The van der Waals surface area contributed by atoms with Crippen LogP contribution in [0.15, 0.2) is 48.5 Å². The van der Waals surface area contributed by atoms with Crippen molar-refractivity contribution >= 4 is 17.1 Å². The molecule has 0 radical (unpaired) electrons. The molecule has 0 atom stereocenters. The minimum atomic E-state index is 0. The number of nitrogens with one attached hydrogen (secondary N) is 1. The number of rotatable bonds is 3. The number of nitrogens with zero attached hydrogens (tertiary/aromatic N) is 2. The summed E-state index contributed by atoms with van der Waals surface area (Å²) in [4.78, 5) is 3.12. The molecule has 0 bridgehead atoms. The molecule has 0 saturated carbocycles. The zero-order chi connectivity index (χ0) is 12.1. The third-order valence-corrected chi connectivity index (χ3v) is 2.35. The van der Waals surface area contributed by atoms with Gasteiger partial charge in [0.25, 0.3) is 0 Å². The molecule has 0 spiro atoms. The van der Waals surface area contributed by atoms with Crippen molar-refractivity contribution < 1.29 is 17.1 Å². The fraction of sp³-hybridized carbons (Fsp3) is 0.0769. The van der Waals surface area contributed by atoms with Crippen LogP contribution in [-0.4, -0.2) is 7.11 Å². The molecule has 0 heterocycles. The lowest BCUT2D eigenvalue weighted by atomic mass is 10.2. The fourth-order valence-corrected chi connectivity index (χ4v) is 1.52. The summed E-state index contributed by atoms with van der Waals surface area (Å²) in [7, 11) is 1.58. The summed E-state index contributed by atoms with van der Waals surface area (Å²) in [5.41, 5.74) is 2.26. The summed E-state index contributed by atoms with van der Waals surface area (Å²) in [5, 5.41) is 11.9. The van der Waals surface area contributed by atoms with Crippen LogP contribution in [0, 0.1) is 5.39 Å². The van der Waals surface area contributed by atoms with E-state index in [-0.39, 0.29) is 12.4 Å². The van der Waals surface area contributed by atoms with Gasteiger partial charge in [-0.3, -0.25) is 0 Å². The molecule has 0 amide bonds. The zero-order valence-corrected chi connectivity index (χ0v) is 10.6. The summed E-state index contributed by atoms with van der Waals surface area (Å²) in [5.74, 6) is 0.629. The van der Waals surface area contributed by atoms with Crippen LogP contribution >= 0.6 is 0 Å². The Morgan fingerprint density at radius 1 is 1.11 bits per heavy atom. The van der Waals surface area contributed by atoms with Crippen molar-refractivity contribution in [2.24, 2.45) is 0 Å². The van der Waals surface area contributed by atoms with Crippen molar-refractivity contribution in [3.63, 3.8) is 0 Å². The molecule has 2 aromatic rings. The number of anilines is 2. The van der Waals surface area contributed by atoms with E-state index in [4.69, 9.17) is 10.1 Å². The van der Waals surface area contributed by atoms with Crippen LogP contribution in [0.1, 0.15) is 0 Å². The first-order chi connectivity index (χ1) is 8.33. The van der Waals surface area contributed by atoms with E-state index >= 15 is 0 Å². The van der Waals surface area contributed by atoms with Crippen LogP contribution in [0.3, 0.4) is 0 Å². The summed E-state index contributed by atoms with van der Waals surface area (Å²) in [6, 6.07) is 14.9. The molecule has 0 aliphatic carbocycles. The van der Waals surface area contributed by atoms with Crippen LogP contribution < -0.4 is 22.5 Å². The van der Waals surface area contributed by atoms with Crippen molar-refractivity contribution in [3.05, 3.63) is 53.5 Å². The van der Waals surface area contributed by atoms with E-state index < -0.39 is 0 Å². The minimum Gasteiger partial charge on any atom is -1.00 e. The highest BCUT2D eigenvalue weighted by molar-refractivity contribution is 5.70. The van der Waals surface area contributed by atoms with Crippen molar-refractivity contribution in [1.29, 1.82) is 5.39 Å². The molecule has 0 aliphatic heterocycles. The van der Waals surface area contributed by atoms with E-state index in [1.54, 1.807) is 25.3 Å².